The van der Waals surface area contributed by atoms with E-state index >= 15 is 0 Å². The van der Waals surface area contributed by atoms with Crippen molar-refractivity contribution in [3.8, 4) is 11.8 Å². The highest BCUT2D eigenvalue weighted by molar-refractivity contribution is 8.00. The summed E-state index contributed by atoms with van der Waals surface area (Å²) in [5, 5.41) is 11.3. The Labute approximate surface area is 138 Å². The van der Waals surface area contributed by atoms with Gasteiger partial charge in [-0.05, 0) is 35.0 Å². The van der Waals surface area contributed by atoms with Gasteiger partial charge in [-0.2, -0.15) is 5.26 Å². The Kier molecular flexibility index (Phi) is 4.60. The fraction of sp³-hybridized carbons (Fsp3) is 0.0526. The molecule has 112 valence electrons. The Morgan fingerprint density at radius 2 is 1.74 bits per heavy atom. The lowest BCUT2D eigenvalue weighted by atomic mass is 10.1. The Bertz CT molecular complexity index is 899. The summed E-state index contributed by atoms with van der Waals surface area (Å²) in [7, 11) is 0. The van der Waals surface area contributed by atoms with Crippen LogP contribution in [-0.4, -0.2) is 11.7 Å². The molecule has 0 atom stereocenters. The molecule has 0 radical (unpaired) electrons. The number of para-hydroxylation sites is 1. The lowest BCUT2D eigenvalue weighted by Crippen LogP contribution is -2.11. The molecule has 3 aromatic rings. The summed E-state index contributed by atoms with van der Waals surface area (Å²) in [5.74, 6) is 0.128. The Balaban J connectivity index is 1.65. The lowest BCUT2D eigenvalue weighted by Gasteiger charge is -2.06. The smallest absolute Gasteiger partial charge is 0.321 e. The second-order valence-corrected chi connectivity index (χ2v) is 5.93. The third-order valence-electron chi connectivity index (χ3n) is 3.31. The number of ether oxygens (including phenoxy) is 1. The first kappa shape index (κ1) is 15.1. The summed E-state index contributed by atoms with van der Waals surface area (Å²) < 4.78 is 5.26. The fourth-order valence-electron chi connectivity index (χ4n) is 2.20. The molecule has 4 heteroatoms. The van der Waals surface area contributed by atoms with Gasteiger partial charge in [0, 0.05) is 4.90 Å². The van der Waals surface area contributed by atoms with E-state index in [1.54, 1.807) is 24.3 Å². The van der Waals surface area contributed by atoms with Gasteiger partial charge in [0.05, 0.1) is 11.3 Å². The van der Waals surface area contributed by atoms with E-state index in [9.17, 15) is 4.79 Å². The number of carbonyl (C=O) groups is 1. The van der Waals surface area contributed by atoms with Crippen molar-refractivity contribution in [3.05, 3.63) is 72.3 Å². The minimum atomic E-state index is -0.370. The molecule has 23 heavy (non-hydrogen) atoms. The van der Waals surface area contributed by atoms with Crippen LogP contribution in [0, 0.1) is 11.3 Å². The number of rotatable bonds is 4. The van der Waals surface area contributed by atoms with Gasteiger partial charge in [-0.25, -0.2) is 0 Å². The first-order valence-electron chi connectivity index (χ1n) is 7.08. The number of fused-ring (bicyclic) bond motifs is 1. The number of benzene rings is 3. The largest absolute Gasteiger partial charge is 0.424 e. The summed E-state index contributed by atoms with van der Waals surface area (Å²) in [6.07, 6.45) is 0. The van der Waals surface area contributed by atoms with Crippen LogP contribution in [0.4, 0.5) is 0 Å². The number of nitrogens with zero attached hydrogens (tertiary/aromatic N) is 1. The SMILES string of the molecule is N#Cc1ccccc1OC(=O)CSc1ccc2ccccc2c1. The normalized spacial score (nSPS) is 10.2. The molecule has 0 saturated heterocycles. The zero-order chi connectivity index (χ0) is 16.1. The molecule has 0 spiro atoms. The molecule has 0 fully saturated rings. The molecular formula is C19H13NO2S. The average Bonchev–Trinajstić information content (AvgIpc) is 2.60. The van der Waals surface area contributed by atoms with Crippen molar-refractivity contribution in [1.82, 2.24) is 0 Å². The minimum absolute atomic E-state index is 0.193. The van der Waals surface area contributed by atoms with Crippen LogP contribution in [0.2, 0.25) is 0 Å². The molecule has 0 saturated carbocycles. The van der Waals surface area contributed by atoms with Gasteiger partial charge in [-0.3, -0.25) is 4.79 Å². The molecule has 0 unspecified atom stereocenters. The second-order valence-electron chi connectivity index (χ2n) is 4.88. The van der Waals surface area contributed by atoms with Gasteiger partial charge in [0.1, 0.15) is 11.8 Å². The van der Waals surface area contributed by atoms with E-state index in [0.29, 0.717) is 11.3 Å². The quantitative estimate of drug-likeness (QED) is 0.406. The monoisotopic (exact) mass is 319 g/mol. The van der Waals surface area contributed by atoms with Gasteiger partial charge < -0.3 is 4.74 Å². The first-order valence-corrected chi connectivity index (χ1v) is 8.06. The van der Waals surface area contributed by atoms with Crippen LogP contribution in [0.5, 0.6) is 5.75 Å². The molecule has 0 aliphatic rings. The molecule has 0 heterocycles. The number of nitriles is 1. The maximum absolute atomic E-state index is 12.0. The Morgan fingerprint density at radius 3 is 2.57 bits per heavy atom. The van der Waals surface area contributed by atoms with E-state index in [2.05, 4.69) is 12.1 Å². The van der Waals surface area contributed by atoms with Crippen LogP contribution in [0.3, 0.4) is 0 Å². The van der Waals surface area contributed by atoms with Gasteiger partial charge in [0.15, 0.2) is 0 Å². The molecule has 0 amide bonds. The highest BCUT2D eigenvalue weighted by atomic mass is 32.2. The zero-order valence-electron chi connectivity index (χ0n) is 12.2. The predicted octanol–water partition coefficient (Wildman–Crippen LogP) is 4.41. The van der Waals surface area contributed by atoms with Crippen molar-refractivity contribution in [3.63, 3.8) is 0 Å². The van der Waals surface area contributed by atoms with Crippen molar-refractivity contribution >= 4 is 28.5 Å². The van der Waals surface area contributed by atoms with Crippen molar-refractivity contribution in [2.24, 2.45) is 0 Å². The summed E-state index contributed by atoms with van der Waals surface area (Å²) >= 11 is 1.42. The van der Waals surface area contributed by atoms with Crippen LogP contribution in [0.15, 0.2) is 71.6 Å². The van der Waals surface area contributed by atoms with Crippen LogP contribution in [0.25, 0.3) is 10.8 Å². The second kappa shape index (κ2) is 6.99. The van der Waals surface area contributed by atoms with Gasteiger partial charge >= 0.3 is 5.97 Å². The number of thioether (sulfide) groups is 1. The molecule has 0 aromatic heterocycles. The minimum Gasteiger partial charge on any atom is -0.424 e. The molecule has 3 nitrogen and oxygen atoms in total. The zero-order valence-corrected chi connectivity index (χ0v) is 13.0. The summed E-state index contributed by atoms with van der Waals surface area (Å²) in [4.78, 5) is 13.0. The third-order valence-corrected chi connectivity index (χ3v) is 4.28. The third kappa shape index (κ3) is 3.71. The van der Waals surface area contributed by atoms with Gasteiger partial charge in [-0.15, -0.1) is 11.8 Å². The van der Waals surface area contributed by atoms with E-state index in [1.165, 1.54) is 17.1 Å². The molecular weight excluding hydrogens is 306 g/mol. The standard InChI is InChI=1S/C19H13NO2S/c20-12-16-7-3-4-8-18(16)22-19(21)13-23-17-10-9-14-5-1-2-6-15(14)11-17/h1-11H,13H2. The summed E-state index contributed by atoms with van der Waals surface area (Å²) in [6.45, 7) is 0. The lowest BCUT2D eigenvalue weighted by molar-refractivity contribution is -0.131. The van der Waals surface area contributed by atoms with E-state index in [-0.39, 0.29) is 11.7 Å². The van der Waals surface area contributed by atoms with Crippen LogP contribution in [0.1, 0.15) is 5.56 Å². The topological polar surface area (TPSA) is 50.1 Å². The maximum atomic E-state index is 12.0. The van der Waals surface area contributed by atoms with Gasteiger partial charge in [-0.1, -0.05) is 42.5 Å². The van der Waals surface area contributed by atoms with Crippen molar-refractivity contribution < 1.29 is 9.53 Å². The van der Waals surface area contributed by atoms with Crippen molar-refractivity contribution in [2.75, 3.05) is 5.75 Å². The molecule has 0 aliphatic heterocycles. The number of esters is 1. The summed E-state index contributed by atoms with van der Waals surface area (Å²) in [5.41, 5.74) is 0.358. The molecule has 3 rings (SSSR count). The molecule has 0 bridgehead atoms. The summed E-state index contributed by atoms with van der Waals surface area (Å²) in [6, 6.07) is 22.9. The van der Waals surface area contributed by atoms with Gasteiger partial charge in [0.25, 0.3) is 0 Å². The van der Waals surface area contributed by atoms with Crippen LogP contribution in [-0.2, 0) is 4.79 Å². The van der Waals surface area contributed by atoms with Crippen molar-refractivity contribution in [2.45, 2.75) is 4.90 Å². The predicted molar refractivity (Wildman–Crippen MR) is 91.5 cm³/mol. The van der Waals surface area contributed by atoms with Crippen LogP contribution >= 0.6 is 11.8 Å². The van der Waals surface area contributed by atoms with E-state index in [1.807, 2.05) is 36.4 Å². The fourth-order valence-corrected chi connectivity index (χ4v) is 2.92. The molecule has 0 aliphatic carbocycles. The average molecular weight is 319 g/mol. The first-order chi connectivity index (χ1) is 11.3. The Hall–Kier alpha value is -2.77. The van der Waals surface area contributed by atoms with Gasteiger partial charge in [0.2, 0.25) is 0 Å². The molecule has 0 N–H and O–H groups in total. The van der Waals surface area contributed by atoms with E-state index < -0.39 is 0 Å². The highest BCUT2D eigenvalue weighted by Gasteiger charge is 2.09. The van der Waals surface area contributed by atoms with Crippen molar-refractivity contribution in [1.29, 1.82) is 5.26 Å². The molecule has 3 aromatic carbocycles. The maximum Gasteiger partial charge on any atom is 0.321 e. The number of carbonyl (C=O) groups excluding carboxylic acids is 1. The number of hydrogen-bond donors (Lipinski definition) is 0. The van der Waals surface area contributed by atoms with E-state index in [0.717, 1.165) is 10.3 Å². The van der Waals surface area contributed by atoms with E-state index in [4.69, 9.17) is 10.00 Å². The number of hydrogen-bond acceptors (Lipinski definition) is 4. The Morgan fingerprint density at radius 1 is 1.00 bits per heavy atom. The van der Waals surface area contributed by atoms with Crippen LogP contribution < -0.4 is 4.74 Å². The highest BCUT2D eigenvalue weighted by Crippen LogP contribution is 2.24.